The molecule has 1 aliphatic heterocycles. The molecule has 3 heterocycles. The molecule has 1 amide bonds. The highest BCUT2D eigenvalue weighted by molar-refractivity contribution is 5.94. The third kappa shape index (κ3) is 3.37. The van der Waals surface area contributed by atoms with Gasteiger partial charge < -0.3 is 4.90 Å². The number of carbonyl (C=O) groups excluding carboxylic acids is 1. The zero-order valence-corrected chi connectivity index (χ0v) is 15.7. The largest absolute Gasteiger partial charge is 0.330 e. The molecular weight excluding hydrogens is 336 g/mol. The van der Waals surface area contributed by atoms with Gasteiger partial charge in [-0.2, -0.15) is 0 Å². The van der Waals surface area contributed by atoms with Crippen LogP contribution in [0.4, 0.5) is 0 Å². The SMILES string of the molecule is CC(C)c1nccn1-c1cccc([C@H]2CCCN2C(=O)c2ccccc2)n1. The molecule has 5 nitrogen and oxygen atoms in total. The molecule has 3 aromatic rings. The second kappa shape index (κ2) is 7.35. The van der Waals surface area contributed by atoms with E-state index in [0.29, 0.717) is 5.92 Å². The lowest BCUT2D eigenvalue weighted by atomic mass is 10.1. The van der Waals surface area contributed by atoms with Crippen LogP contribution in [0.25, 0.3) is 5.82 Å². The minimum absolute atomic E-state index is 0.0173. The first-order chi connectivity index (χ1) is 13.1. The number of hydrogen-bond donors (Lipinski definition) is 0. The maximum atomic E-state index is 13.0. The van der Waals surface area contributed by atoms with Crippen molar-refractivity contribution in [1.82, 2.24) is 19.4 Å². The normalized spacial score (nSPS) is 16.9. The van der Waals surface area contributed by atoms with Crippen LogP contribution in [-0.4, -0.2) is 31.9 Å². The number of nitrogens with zero attached hydrogens (tertiary/aromatic N) is 4. The summed E-state index contributed by atoms with van der Waals surface area (Å²) in [5, 5.41) is 0. The summed E-state index contributed by atoms with van der Waals surface area (Å²) in [4.78, 5) is 24.3. The van der Waals surface area contributed by atoms with Crippen molar-refractivity contribution in [3.63, 3.8) is 0 Å². The lowest BCUT2D eigenvalue weighted by Gasteiger charge is -2.25. The summed E-state index contributed by atoms with van der Waals surface area (Å²) >= 11 is 0. The van der Waals surface area contributed by atoms with E-state index in [1.165, 1.54) is 0 Å². The fourth-order valence-electron chi connectivity index (χ4n) is 3.76. The lowest BCUT2D eigenvalue weighted by Crippen LogP contribution is -2.31. The van der Waals surface area contributed by atoms with Crippen LogP contribution in [0.1, 0.15) is 60.5 Å². The Bertz CT molecular complexity index is 932. The van der Waals surface area contributed by atoms with Gasteiger partial charge in [0, 0.05) is 30.4 Å². The summed E-state index contributed by atoms with van der Waals surface area (Å²) in [6.45, 7) is 5.02. The van der Waals surface area contributed by atoms with E-state index in [1.54, 1.807) is 0 Å². The van der Waals surface area contributed by atoms with Gasteiger partial charge in [-0.25, -0.2) is 9.97 Å². The Hall–Kier alpha value is -2.95. The van der Waals surface area contributed by atoms with Gasteiger partial charge in [0.05, 0.1) is 11.7 Å². The van der Waals surface area contributed by atoms with Gasteiger partial charge in [0.2, 0.25) is 0 Å². The molecule has 0 bridgehead atoms. The van der Waals surface area contributed by atoms with Crippen molar-refractivity contribution >= 4 is 5.91 Å². The van der Waals surface area contributed by atoms with E-state index in [9.17, 15) is 4.79 Å². The molecular formula is C22H24N4O. The number of rotatable bonds is 4. The van der Waals surface area contributed by atoms with Gasteiger partial charge in [0.15, 0.2) is 0 Å². The summed E-state index contributed by atoms with van der Waals surface area (Å²) in [5.41, 5.74) is 1.68. The highest BCUT2D eigenvalue weighted by atomic mass is 16.2. The van der Waals surface area contributed by atoms with E-state index < -0.39 is 0 Å². The van der Waals surface area contributed by atoms with Crippen LogP contribution in [0.5, 0.6) is 0 Å². The molecule has 27 heavy (non-hydrogen) atoms. The molecule has 1 atom stereocenters. The number of benzene rings is 1. The number of aromatic nitrogens is 3. The monoisotopic (exact) mass is 360 g/mol. The first-order valence-electron chi connectivity index (χ1n) is 9.51. The fourth-order valence-corrected chi connectivity index (χ4v) is 3.76. The number of imidazole rings is 1. The van der Waals surface area contributed by atoms with Crippen molar-refractivity contribution < 1.29 is 4.79 Å². The highest BCUT2D eigenvalue weighted by Gasteiger charge is 2.31. The molecule has 0 N–H and O–H groups in total. The zero-order valence-electron chi connectivity index (χ0n) is 15.7. The van der Waals surface area contributed by atoms with E-state index in [0.717, 1.165) is 42.3 Å². The van der Waals surface area contributed by atoms with Crippen LogP contribution in [-0.2, 0) is 0 Å². The Kier molecular flexibility index (Phi) is 4.75. The minimum Gasteiger partial charge on any atom is -0.330 e. The first-order valence-corrected chi connectivity index (χ1v) is 9.51. The standard InChI is InChI=1S/C22H24N4O/c1-16(2)21-23-13-15-26(21)20-12-6-10-18(24-20)19-11-7-14-25(19)22(27)17-8-4-3-5-9-17/h3-6,8-10,12-13,15-16,19H,7,11,14H2,1-2H3/t19-/m1/s1. The molecule has 2 aromatic heterocycles. The Balaban J connectivity index is 1.65. The van der Waals surface area contributed by atoms with Crippen molar-refractivity contribution in [2.24, 2.45) is 0 Å². The summed E-state index contributed by atoms with van der Waals surface area (Å²) in [6, 6.07) is 15.6. The summed E-state index contributed by atoms with van der Waals surface area (Å²) < 4.78 is 2.03. The third-order valence-corrected chi connectivity index (χ3v) is 5.06. The predicted molar refractivity (Wildman–Crippen MR) is 105 cm³/mol. The van der Waals surface area contributed by atoms with E-state index in [1.807, 2.05) is 70.4 Å². The van der Waals surface area contributed by atoms with Crippen LogP contribution in [0.3, 0.4) is 0 Å². The second-order valence-electron chi connectivity index (χ2n) is 7.25. The number of likely N-dealkylation sites (tertiary alicyclic amines) is 1. The van der Waals surface area contributed by atoms with Crippen LogP contribution in [0.15, 0.2) is 60.9 Å². The van der Waals surface area contributed by atoms with E-state index in [-0.39, 0.29) is 11.9 Å². The van der Waals surface area contributed by atoms with Gasteiger partial charge in [-0.1, -0.05) is 38.1 Å². The average Bonchev–Trinajstić information content (AvgIpc) is 3.38. The number of hydrogen-bond acceptors (Lipinski definition) is 3. The summed E-state index contributed by atoms with van der Waals surface area (Å²) in [5.74, 6) is 2.24. The topological polar surface area (TPSA) is 51.0 Å². The van der Waals surface area contributed by atoms with Crippen molar-refractivity contribution in [3.8, 4) is 5.82 Å². The Morgan fingerprint density at radius 3 is 2.70 bits per heavy atom. The molecule has 4 rings (SSSR count). The summed E-state index contributed by atoms with van der Waals surface area (Å²) in [6.07, 6.45) is 5.70. The van der Waals surface area contributed by atoms with Gasteiger partial charge in [-0.05, 0) is 37.1 Å². The Labute approximate surface area is 159 Å². The van der Waals surface area contributed by atoms with Gasteiger partial charge in [0.25, 0.3) is 5.91 Å². The highest BCUT2D eigenvalue weighted by Crippen LogP contribution is 2.32. The van der Waals surface area contributed by atoms with Crippen molar-refractivity contribution in [1.29, 1.82) is 0 Å². The van der Waals surface area contributed by atoms with Crippen molar-refractivity contribution in [2.45, 2.75) is 38.6 Å². The molecule has 0 unspecified atom stereocenters. The van der Waals surface area contributed by atoms with Crippen LogP contribution in [0.2, 0.25) is 0 Å². The molecule has 1 aromatic carbocycles. The molecule has 138 valence electrons. The quantitative estimate of drug-likeness (QED) is 0.694. The molecule has 5 heteroatoms. The van der Waals surface area contributed by atoms with Crippen LogP contribution in [0, 0.1) is 0 Å². The smallest absolute Gasteiger partial charge is 0.254 e. The van der Waals surface area contributed by atoms with E-state index in [2.05, 4.69) is 18.8 Å². The zero-order chi connectivity index (χ0) is 18.8. The minimum atomic E-state index is 0.0173. The summed E-state index contributed by atoms with van der Waals surface area (Å²) in [7, 11) is 0. The van der Waals surface area contributed by atoms with Crippen molar-refractivity contribution in [3.05, 3.63) is 78.0 Å². The number of carbonyl (C=O) groups is 1. The average molecular weight is 360 g/mol. The van der Waals surface area contributed by atoms with Crippen LogP contribution < -0.4 is 0 Å². The maximum Gasteiger partial charge on any atom is 0.254 e. The van der Waals surface area contributed by atoms with Gasteiger partial charge in [-0.3, -0.25) is 9.36 Å². The molecule has 1 fully saturated rings. The molecule has 0 spiro atoms. The lowest BCUT2D eigenvalue weighted by molar-refractivity contribution is 0.0733. The van der Waals surface area contributed by atoms with Gasteiger partial charge >= 0.3 is 0 Å². The van der Waals surface area contributed by atoms with Gasteiger partial charge in [-0.15, -0.1) is 0 Å². The fraction of sp³-hybridized carbons (Fsp3) is 0.318. The molecule has 0 radical (unpaired) electrons. The number of pyridine rings is 1. The molecule has 0 saturated carbocycles. The number of amides is 1. The Morgan fingerprint density at radius 2 is 1.93 bits per heavy atom. The third-order valence-electron chi connectivity index (χ3n) is 5.06. The van der Waals surface area contributed by atoms with E-state index in [4.69, 9.17) is 4.98 Å². The first kappa shape index (κ1) is 17.5. The second-order valence-corrected chi connectivity index (χ2v) is 7.25. The van der Waals surface area contributed by atoms with Gasteiger partial charge in [0.1, 0.15) is 11.6 Å². The molecule has 0 aliphatic carbocycles. The van der Waals surface area contributed by atoms with Crippen LogP contribution >= 0.6 is 0 Å². The Morgan fingerprint density at radius 1 is 1.11 bits per heavy atom. The van der Waals surface area contributed by atoms with E-state index >= 15 is 0 Å². The molecule has 1 aliphatic rings. The molecule has 1 saturated heterocycles. The maximum absolute atomic E-state index is 13.0. The predicted octanol–water partition coefficient (Wildman–Crippen LogP) is 4.37. The van der Waals surface area contributed by atoms with Crippen molar-refractivity contribution in [2.75, 3.05) is 6.54 Å².